The van der Waals surface area contributed by atoms with E-state index in [4.69, 9.17) is 4.52 Å². The zero-order valence-electron chi connectivity index (χ0n) is 17.9. The lowest BCUT2D eigenvalue weighted by Crippen LogP contribution is -2.47. The van der Waals surface area contributed by atoms with E-state index in [0.717, 1.165) is 42.3 Å². The molecule has 1 aromatic heterocycles. The molecule has 0 aliphatic carbocycles. The molecule has 0 spiro atoms. The second kappa shape index (κ2) is 8.33. The smallest absolute Gasteiger partial charge is 0.238 e. The number of anilines is 1. The predicted octanol–water partition coefficient (Wildman–Crippen LogP) is 1.69. The molecule has 2 aromatic carbocycles. The highest BCUT2D eigenvalue weighted by Gasteiger charge is 2.32. The van der Waals surface area contributed by atoms with Crippen molar-refractivity contribution in [3.63, 3.8) is 0 Å². The summed E-state index contributed by atoms with van der Waals surface area (Å²) in [5, 5.41) is 12.0. The van der Waals surface area contributed by atoms with E-state index < -0.39 is 5.92 Å². The summed E-state index contributed by atoms with van der Waals surface area (Å²) in [5.41, 5.74) is 1.80. The summed E-state index contributed by atoms with van der Waals surface area (Å²) in [6, 6.07) is 9.36. The number of likely N-dealkylation sites (N-methyl/N-ethyl adjacent to an activating group) is 1. The van der Waals surface area contributed by atoms with Crippen molar-refractivity contribution in [3.05, 3.63) is 36.0 Å². The molecule has 2 aliphatic heterocycles. The summed E-state index contributed by atoms with van der Waals surface area (Å²) in [7, 11) is 2.09. The summed E-state index contributed by atoms with van der Waals surface area (Å²) < 4.78 is 5.50. The van der Waals surface area contributed by atoms with E-state index in [9.17, 15) is 14.4 Å². The van der Waals surface area contributed by atoms with Crippen LogP contribution in [-0.2, 0) is 14.4 Å². The third kappa shape index (κ3) is 3.85. The number of piperazine rings is 1. The first-order valence-electron chi connectivity index (χ1n) is 10.8. The van der Waals surface area contributed by atoms with Crippen molar-refractivity contribution >= 4 is 45.2 Å². The van der Waals surface area contributed by atoms with Crippen molar-refractivity contribution in [3.8, 4) is 0 Å². The summed E-state index contributed by atoms with van der Waals surface area (Å²) in [6.07, 6.45) is 0.660. The van der Waals surface area contributed by atoms with Crippen LogP contribution in [0.1, 0.15) is 24.5 Å². The Labute approximate surface area is 184 Å². The highest BCUT2D eigenvalue weighted by atomic mass is 16.5. The number of nitrogens with zero attached hydrogens (tertiary/aromatic N) is 3. The number of piperidine rings is 1. The molecule has 0 radical (unpaired) electrons. The number of nitrogens with one attached hydrogen (secondary N) is 2. The molecular formula is C23H25N5O4. The quantitative estimate of drug-likeness (QED) is 0.601. The van der Waals surface area contributed by atoms with Gasteiger partial charge in [-0.25, -0.2) is 0 Å². The maximum atomic E-state index is 12.7. The number of rotatable bonds is 4. The lowest BCUT2D eigenvalue weighted by Gasteiger charge is -2.31. The molecule has 2 fully saturated rings. The third-order valence-corrected chi connectivity index (χ3v) is 6.33. The molecule has 2 saturated heterocycles. The van der Waals surface area contributed by atoms with Crippen molar-refractivity contribution < 1.29 is 18.9 Å². The van der Waals surface area contributed by atoms with Gasteiger partial charge in [0.2, 0.25) is 17.7 Å². The molecule has 166 valence electrons. The minimum atomic E-state index is -0.546. The molecule has 9 heteroatoms. The van der Waals surface area contributed by atoms with E-state index in [0.29, 0.717) is 29.9 Å². The van der Waals surface area contributed by atoms with Crippen molar-refractivity contribution in [2.45, 2.75) is 18.8 Å². The molecular weight excluding hydrogens is 410 g/mol. The van der Waals surface area contributed by atoms with Gasteiger partial charge in [0.25, 0.3) is 0 Å². The van der Waals surface area contributed by atoms with Gasteiger partial charge in [0.1, 0.15) is 5.69 Å². The lowest BCUT2D eigenvalue weighted by atomic mass is 9.91. The van der Waals surface area contributed by atoms with Gasteiger partial charge in [0.15, 0.2) is 5.58 Å². The highest BCUT2D eigenvalue weighted by molar-refractivity contribution is 6.14. The second-order valence-electron chi connectivity index (χ2n) is 8.54. The van der Waals surface area contributed by atoms with Gasteiger partial charge in [-0.2, -0.15) is 0 Å². The van der Waals surface area contributed by atoms with Crippen LogP contribution in [0.5, 0.6) is 0 Å². The predicted molar refractivity (Wildman–Crippen MR) is 119 cm³/mol. The SMILES string of the molecule is CN1CCN(CC(=O)Nc2cccc3c2ccc2onc(C4CCC(=O)NC4=O)c23)CC1. The number of hydrogen-bond acceptors (Lipinski definition) is 7. The maximum Gasteiger partial charge on any atom is 0.238 e. The van der Waals surface area contributed by atoms with Crippen molar-refractivity contribution in [2.75, 3.05) is 45.1 Å². The van der Waals surface area contributed by atoms with Gasteiger partial charge in [-0.3, -0.25) is 24.6 Å². The van der Waals surface area contributed by atoms with Crippen molar-refractivity contribution in [1.29, 1.82) is 0 Å². The molecule has 5 rings (SSSR count). The zero-order chi connectivity index (χ0) is 22.2. The van der Waals surface area contributed by atoms with Gasteiger partial charge >= 0.3 is 0 Å². The number of aromatic nitrogens is 1. The second-order valence-corrected chi connectivity index (χ2v) is 8.54. The minimum Gasteiger partial charge on any atom is -0.356 e. The molecule has 1 unspecified atom stereocenters. The average Bonchev–Trinajstić information content (AvgIpc) is 3.20. The van der Waals surface area contributed by atoms with Crippen LogP contribution in [0.2, 0.25) is 0 Å². The summed E-state index contributed by atoms with van der Waals surface area (Å²) >= 11 is 0. The highest BCUT2D eigenvalue weighted by Crippen LogP contribution is 2.37. The fourth-order valence-electron chi connectivity index (χ4n) is 4.52. The van der Waals surface area contributed by atoms with Crippen LogP contribution >= 0.6 is 0 Å². The van der Waals surface area contributed by atoms with E-state index in [1.165, 1.54) is 0 Å². The Hall–Kier alpha value is -3.30. The first kappa shape index (κ1) is 20.6. The van der Waals surface area contributed by atoms with Crippen LogP contribution in [-0.4, -0.2) is 72.4 Å². The number of imide groups is 1. The molecule has 2 N–H and O–H groups in total. The monoisotopic (exact) mass is 435 g/mol. The molecule has 3 amide bonds. The Morgan fingerprint density at radius 3 is 2.75 bits per heavy atom. The van der Waals surface area contributed by atoms with Crippen molar-refractivity contribution in [2.24, 2.45) is 0 Å². The minimum absolute atomic E-state index is 0.0575. The Bertz CT molecular complexity index is 1210. The fraction of sp³-hybridized carbons (Fsp3) is 0.391. The number of amides is 3. The average molecular weight is 435 g/mol. The van der Waals surface area contributed by atoms with Crippen LogP contribution in [0.15, 0.2) is 34.9 Å². The number of carbonyl (C=O) groups excluding carboxylic acids is 3. The zero-order valence-corrected chi connectivity index (χ0v) is 17.9. The van der Waals surface area contributed by atoms with Gasteiger partial charge in [0.05, 0.1) is 17.8 Å². The maximum absolute atomic E-state index is 12.7. The van der Waals surface area contributed by atoms with Crippen LogP contribution in [0, 0.1) is 0 Å². The Morgan fingerprint density at radius 2 is 1.97 bits per heavy atom. The Morgan fingerprint density at radius 1 is 1.16 bits per heavy atom. The van der Waals surface area contributed by atoms with Crippen molar-refractivity contribution in [1.82, 2.24) is 20.3 Å². The third-order valence-electron chi connectivity index (χ3n) is 6.33. The van der Waals surface area contributed by atoms with Crippen LogP contribution in [0.3, 0.4) is 0 Å². The molecule has 3 heterocycles. The number of hydrogen-bond donors (Lipinski definition) is 2. The fourth-order valence-corrected chi connectivity index (χ4v) is 4.52. The Balaban J connectivity index is 1.45. The topological polar surface area (TPSA) is 108 Å². The molecule has 32 heavy (non-hydrogen) atoms. The van der Waals surface area contributed by atoms with E-state index >= 15 is 0 Å². The molecule has 3 aromatic rings. The van der Waals surface area contributed by atoms with Crippen LogP contribution < -0.4 is 10.6 Å². The van der Waals surface area contributed by atoms with Gasteiger partial charge in [-0.05, 0) is 37.1 Å². The summed E-state index contributed by atoms with van der Waals surface area (Å²) in [6.45, 7) is 4.00. The van der Waals surface area contributed by atoms with E-state index in [1.807, 2.05) is 24.3 Å². The molecule has 1 atom stereocenters. The summed E-state index contributed by atoms with van der Waals surface area (Å²) in [4.78, 5) is 41.1. The lowest BCUT2D eigenvalue weighted by molar-refractivity contribution is -0.134. The van der Waals surface area contributed by atoms with E-state index in [-0.39, 0.29) is 24.1 Å². The van der Waals surface area contributed by atoms with E-state index in [2.05, 4.69) is 32.6 Å². The normalized spacial score (nSPS) is 20.6. The largest absolute Gasteiger partial charge is 0.356 e. The molecule has 0 saturated carbocycles. The first-order chi connectivity index (χ1) is 15.5. The molecule has 0 bridgehead atoms. The van der Waals surface area contributed by atoms with Gasteiger partial charge < -0.3 is 14.7 Å². The van der Waals surface area contributed by atoms with Gasteiger partial charge in [-0.15, -0.1) is 0 Å². The number of fused-ring (bicyclic) bond motifs is 3. The number of carbonyl (C=O) groups is 3. The van der Waals surface area contributed by atoms with Gasteiger partial charge in [-0.1, -0.05) is 17.3 Å². The molecule has 9 nitrogen and oxygen atoms in total. The molecule has 2 aliphatic rings. The first-order valence-corrected chi connectivity index (χ1v) is 10.8. The van der Waals surface area contributed by atoms with Crippen LogP contribution in [0.25, 0.3) is 21.7 Å². The summed E-state index contributed by atoms with van der Waals surface area (Å²) in [5.74, 6) is -1.23. The number of benzene rings is 2. The standard InChI is InChI=1S/C23H25N5O4/c1-27-9-11-28(12-10-27)13-20(30)24-17-4-2-3-15-14(17)5-7-18-21(15)22(26-32-18)16-6-8-19(29)25-23(16)31/h2-5,7,16H,6,8-13H2,1H3,(H,24,30)(H,25,29,31). The Kier molecular flexibility index (Phi) is 5.36. The van der Waals surface area contributed by atoms with Gasteiger partial charge in [0, 0.05) is 43.7 Å². The van der Waals surface area contributed by atoms with Crippen LogP contribution in [0.4, 0.5) is 5.69 Å². The van der Waals surface area contributed by atoms with E-state index in [1.54, 1.807) is 6.07 Å².